The van der Waals surface area contributed by atoms with E-state index >= 15 is 0 Å². The van der Waals surface area contributed by atoms with Crippen LogP contribution >= 0.6 is 0 Å². The second kappa shape index (κ2) is 14.9. The Morgan fingerprint density at radius 3 is 1.89 bits per heavy atom. The third-order valence-electron chi connectivity index (χ3n) is 6.46. The van der Waals surface area contributed by atoms with Crippen LogP contribution < -0.4 is 20.3 Å². The number of carbonyl (C=O) groups excluding carboxylic acids is 1. The molecule has 0 atom stereocenters. The fraction of sp³-hybridized carbons (Fsp3) is 0.212. The van der Waals surface area contributed by atoms with Gasteiger partial charge in [-0.2, -0.15) is 0 Å². The monoisotopic (exact) mass is 602 g/mol. The van der Waals surface area contributed by atoms with E-state index in [1.165, 1.54) is 12.1 Å². The number of anilines is 2. The van der Waals surface area contributed by atoms with E-state index in [4.69, 9.17) is 19.6 Å². The number of ether oxygens (including phenoxy) is 2. The summed E-state index contributed by atoms with van der Waals surface area (Å²) < 4.78 is 11.9. The molecule has 4 aromatic carbocycles. The number of carbonyl (C=O) groups is 2. The molecule has 0 radical (unpaired) electrons. The molecule has 0 aliphatic heterocycles. The minimum absolute atomic E-state index is 0.0657. The van der Waals surface area contributed by atoms with Crippen molar-refractivity contribution in [1.29, 1.82) is 0 Å². The summed E-state index contributed by atoms with van der Waals surface area (Å²) in [6.45, 7) is 5.17. The van der Waals surface area contributed by atoms with Crippen molar-refractivity contribution in [2.24, 2.45) is 5.41 Å². The van der Waals surface area contributed by atoms with Crippen molar-refractivity contribution < 1.29 is 44.3 Å². The molecule has 0 bridgehead atoms. The number of carboxylic acids is 1. The molecule has 0 spiro atoms. The van der Waals surface area contributed by atoms with Gasteiger partial charge in [-0.3, -0.25) is 20.4 Å². The Kier molecular flexibility index (Phi) is 10.8. The zero-order chi connectivity index (χ0) is 31.5. The lowest BCUT2D eigenvalue weighted by Gasteiger charge is -2.25. The van der Waals surface area contributed by atoms with Crippen molar-refractivity contribution in [2.75, 3.05) is 24.0 Å². The molecule has 0 aliphatic carbocycles. The Balaban J connectivity index is 1.21. The van der Waals surface area contributed by atoms with Crippen molar-refractivity contribution in [3.05, 3.63) is 113 Å². The van der Waals surface area contributed by atoms with Gasteiger partial charge < -0.3 is 25.0 Å². The lowest BCUT2D eigenvalue weighted by Crippen LogP contribution is -2.28. The van der Waals surface area contributed by atoms with Crippen LogP contribution in [-0.4, -0.2) is 40.6 Å². The van der Waals surface area contributed by atoms with E-state index in [0.717, 1.165) is 22.9 Å². The van der Waals surface area contributed by atoms with Crippen LogP contribution in [0.5, 0.6) is 17.2 Å². The number of benzene rings is 4. The average molecular weight is 603 g/mol. The predicted molar refractivity (Wildman–Crippen MR) is 163 cm³/mol. The highest BCUT2D eigenvalue weighted by atomic mass is 17.1. The van der Waals surface area contributed by atoms with Crippen LogP contribution in [0.25, 0.3) is 0 Å². The molecular weight excluding hydrogens is 568 g/mol. The molecule has 44 heavy (non-hydrogen) atoms. The molecule has 4 aromatic rings. The SMILES string of the molecule is CC(C)(COc1ccc(NOCc2ccccc2COO)cc1)COc1ccc(NC(=O)c2ccc(O)cc2C(=O)O)cc1. The second-order valence-corrected chi connectivity index (χ2v) is 10.7. The van der Waals surface area contributed by atoms with Crippen LogP contribution in [0.3, 0.4) is 0 Å². The van der Waals surface area contributed by atoms with Gasteiger partial charge in [-0.15, -0.1) is 0 Å². The summed E-state index contributed by atoms with van der Waals surface area (Å²) in [7, 11) is 0. The number of carboxylic acid groups (broad SMARTS) is 1. The fourth-order valence-corrected chi connectivity index (χ4v) is 4.06. The molecule has 5 N–H and O–H groups in total. The smallest absolute Gasteiger partial charge is 0.336 e. The maximum Gasteiger partial charge on any atom is 0.336 e. The molecule has 0 heterocycles. The Morgan fingerprint density at radius 1 is 0.750 bits per heavy atom. The van der Waals surface area contributed by atoms with Gasteiger partial charge in [0.1, 0.15) is 23.9 Å². The van der Waals surface area contributed by atoms with Crippen molar-refractivity contribution in [3.8, 4) is 17.2 Å². The number of hydrogen-bond donors (Lipinski definition) is 5. The first-order valence-corrected chi connectivity index (χ1v) is 13.7. The first-order chi connectivity index (χ1) is 21.1. The summed E-state index contributed by atoms with van der Waals surface area (Å²) in [5, 5.41) is 30.3. The molecule has 1 amide bonds. The largest absolute Gasteiger partial charge is 0.508 e. The number of hydrogen-bond acceptors (Lipinski definition) is 9. The normalized spacial score (nSPS) is 11.1. The molecule has 0 saturated heterocycles. The van der Waals surface area contributed by atoms with E-state index in [0.29, 0.717) is 30.4 Å². The molecule has 0 saturated carbocycles. The van der Waals surface area contributed by atoms with E-state index < -0.39 is 11.9 Å². The van der Waals surface area contributed by atoms with E-state index in [1.807, 2.05) is 62.4 Å². The van der Waals surface area contributed by atoms with Gasteiger partial charge in [-0.05, 0) is 77.9 Å². The first-order valence-electron chi connectivity index (χ1n) is 13.7. The summed E-state index contributed by atoms with van der Waals surface area (Å²) in [6.07, 6.45) is 0. The molecule has 11 nitrogen and oxygen atoms in total. The Hall–Kier alpha value is -5.10. The summed E-state index contributed by atoms with van der Waals surface area (Å²) in [4.78, 5) is 33.9. The first kappa shape index (κ1) is 31.8. The van der Waals surface area contributed by atoms with Crippen LogP contribution in [-0.2, 0) is 22.9 Å². The molecule has 0 aliphatic rings. The Morgan fingerprint density at radius 2 is 1.32 bits per heavy atom. The predicted octanol–water partition coefficient (Wildman–Crippen LogP) is 6.36. The minimum Gasteiger partial charge on any atom is -0.508 e. The molecular formula is C33H34N2O9. The maximum atomic E-state index is 12.6. The van der Waals surface area contributed by atoms with Gasteiger partial charge in [0.15, 0.2) is 0 Å². The number of phenolic OH excluding ortho intramolecular Hbond substituents is 1. The molecule has 0 unspecified atom stereocenters. The molecule has 0 aromatic heterocycles. The third kappa shape index (κ3) is 9.20. The van der Waals surface area contributed by atoms with Crippen molar-refractivity contribution in [3.63, 3.8) is 0 Å². The van der Waals surface area contributed by atoms with Gasteiger partial charge >= 0.3 is 5.97 Å². The lowest BCUT2D eigenvalue weighted by molar-refractivity contribution is -0.253. The minimum atomic E-state index is -1.31. The van der Waals surface area contributed by atoms with Gasteiger partial charge in [0.05, 0.1) is 36.6 Å². The van der Waals surface area contributed by atoms with Gasteiger partial charge in [0.25, 0.3) is 5.91 Å². The third-order valence-corrected chi connectivity index (χ3v) is 6.46. The van der Waals surface area contributed by atoms with Gasteiger partial charge in [0.2, 0.25) is 0 Å². The van der Waals surface area contributed by atoms with E-state index in [1.54, 1.807) is 24.3 Å². The number of nitrogens with one attached hydrogen (secondary N) is 2. The number of amides is 1. The quantitative estimate of drug-likeness (QED) is 0.0766. The number of aromatic carboxylic acids is 1. The Bertz CT molecular complexity index is 1550. The van der Waals surface area contributed by atoms with Gasteiger partial charge in [-0.25, -0.2) is 9.68 Å². The van der Waals surface area contributed by atoms with Crippen LogP contribution in [0.1, 0.15) is 45.7 Å². The van der Waals surface area contributed by atoms with E-state index in [9.17, 15) is 19.8 Å². The second-order valence-electron chi connectivity index (χ2n) is 10.7. The topological polar surface area (TPSA) is 156 Å². The zero-order valence-electron chi connectivity index (χ0n) is 24.3. The van der Waals surface area contributed by atoms with Crippen LogP contribution in [0.2, 0.25) is 0 Å². The summed E-state index contributed by atoms with van der Waals surface area (Å²) in [5.41, 5.74) is 5.14. The highest BCUT2D eigenvalue weighted by Gasteiger charge is 2.21. The highest BCUT2D eigenvalue weighted by molar-refractivity contribution is 6.10. The van der Waals surface area contributed by atoms with Crippen molar-refractivity contribution >= 4 is 23.3 Å². The molecule has 230 valence electrons. The van der Waals surface area contributed by atoms with Gasteiger partial charge in [-0.1, -0.05) is 38.1 Å². The average Bonchev–Trinajstić information content (AvgIpc) is 3.01. The Labute approximate surface area is 254 Å². The highest BCUT2D eigenvalue weighted by Crippen LogP contribution is 2.24. The van der Waals surface area contributed by atoms with Crippen molar-refractivity contribution in [1.82, 2.24) is 0 Å². The summed E-state index contributed by atoms with van der Waals surface area (Å²) in [6, 6.07) is 25.1. The van der Waals surface area contributed by atoms with Crippen molar-refractivity contribution in [2.45, 2.75) is 27.1 Å². The van der Waals surface area contributed by atoms with E-state index in [-0.39, 0.29) is 35.5 Å². The van der Waals surface area contributed by atoms with Crippen LogP contribution in [0.4, 0.5) is 11.4 Å². The summed E-state index contributed by atoms with van der Waals surface area (Å²) >= 11 is 0. The lowest BCUT2D eigenvalue weighted by atomic mass is 9.96. The molecule has 11 heteroatoms. The maximum absolute atomic E-state index is 12.6. The summed E-state index contributed by atoms with van der Waals surface area (Å²) in [5.74, 6) is -0.884. The molecule has 0 fully saturated rings. The molecule has 4 rings (SSSR count). The van der Waals surface area contributed by atoms with Crippen LogP contribution in [0, 0.1) is 5.41 Å². The zero-order valence-corrected chi connectivity index (χ0v) is 24.3. The van der Waals surface area contributed by atoms with Crippen LogP contribution in [0.15, 0.2) is 91.0 Å². The fourth-order valence-electron chi connectivity index (χ4n) is 4.06. The number of rotatable bonds is 15. The standard InChI is InChI=1S/C33H34N2O9/c1-33(2,21-42-28-14-9-25(10-15-28)35-43-18-22-5-3-4-6-23(22)19-44-40)20-41-27-12-7-24(8-13-27)34-31(37)29-16-11-26(36)17-30(29)32(38)39/h3-17,35-36,40H,18-21H2,1-2H3,(H,34,37)(H,38,39). The van der Waals surface area contributed by atoms with Gasteiger partial charge in [0, 0.05) is 11.1 Å². The number of phenols is 1. The number of aromatic hydroxyl groups is 1. The van der Waals surface area contributed by atoms with E-state index in [2.05, 4.69) is 15.7 Å².